The first-order valence-electron chi connectivity index (χ1n) is 5.70. The third-order valence-corrected chi connectivity index (χ3v) is 2.76. The number of hydrogen-bond acceptors (Lipinski definition) is 2. The molecular weight excluding hydrogens is 240 g/mol. The van der Waals surface area contributed by atoms with Crippen molar-refractivity contribution in [3.05, 3.63) is 28.8 Å². The zero-order chi connectivity index (χ0) is 12.8. The number of aliphatic carboxylic acids is 1. The van der Waals surface area contributed by atoms with Crippen molar-refractivity contribution < 1.29 is 14.6 Å². The molecule has 1 aromatic rings. The number of rotatable bonds is 6. The molecule has 1 atom stereocenters. The molecule has 94 valence electrons. The molecule has 1 N–H and O–H groups in total. The number of benzene rings is 1. The lowest BCUT2D eigenvalue weighted by Gasteiger charge is -2.16. The van der Waals surface area contributed by atoms with Gasteiger partial charge in [0.2, 0.25) is 0 Å². The highest BCUT2D eigenvalue weighted by molar-refractivity contribution is 6.32. The quantitative estimate of drug-likeness (QED) is 0.845. The number of carbonyl (C=O) groups is 1. The molecule has 0 bridgehead atoms. The molecule has 0 aromatic heterocycles. The van der Waals surface area contributed by atoms with Gasteiger partial charge in [0.1, 0.15) is 5.75 Å². The smallest absolute Gasteiger partial charge is 0.344 e. The summed E-state index contributed by atoms with van der Waals surface area (Å²) in [7, 11) is 0. The van der Waals surface area contributed by atoms with Gasteiger partial charge in [0, 0.05) is 0 Å². The van der Waals surface area contributed by atoms with Crippen molar-refractivity contribution in [1.29, 1.82) is 0 Å². The maximum Gasteiger partial charge on any atom is 0.344 e. The number of hydrogen-bond donors (Lipinski definition) is 1. The minimum atomic E-state index is -0.948. The van der Waals surface area contributed by atoms with Crippen LogP contribution in [0.15, 0.2) is 18.2 Å². The van der Waals surface area contributed by atoms with E-state index in [1.54, 1.807) is 12.1 Å². The fourth-order valence-electron chi connectivity index (χ4n) is 1.48. The first-order chi connectivity index (χ1) is 8.04. The fraction of sp³-hybridized carbons (Fsp3) is 0.462. The maximum absolute atomic E-state index is 11.0. The molecule has 0 radical (unpaired) electrons. The standard InChI is InChI=1S/C13H17ClO3/c1-3-4-5-11(13(15)16)17-12-8-9(2)6-7-10(12)14/h6-8,11H,3-5H2,1-2H3,(H,15,16). The second-order valence-electron chi connectivity index (χ2n) is 4.02. The normalized spacial score (nSPS) is 12.2. The van der Waals surface area contributed by atoms with Crippen LogP contribution in [-0.2, 0) is 4.79 Å². The Morgan fingerprint density at radius 3 is 2.82 bits per heavy atom. The Morgan fingerprint density at radius 2 is 2.24 bits per heavy atom. The molecule has 1 aromatic carbocycles. The topological polar surface area (TPSA) is 46.5 Å². The summed E-state index contributed by atoms with van der Waals surface area (Å²) in [6, 6.07) is 5.33. The van der Waals surface area contributed by atoms with E-state index in [4.69, 9.17) is 21.4 Å². The van der Waals surface area contributed by atoms with Crippen LogP contribution in [0.1, 0.15) is 31.7 Å². The highest BCUT2D eigenvalue weighted by atomic mass is 35.5. The van der Waals surface area contributed by atoms with Gasteiger partial charge in [-0.25, -0.2) is 4.79 Å². The van der Waals surface area contributed by atoms with E-state index in [1.807, 2.05) is 19.9 Å². The van der Waals surface area contributed by atoms with Crippen molar-refractivity contribution in [2.45, 2.75) is 39.2 Å². The third kappa shape index (κ3) is 4.27. The van der Waals surface area contributed by atoms with Crippen LogP contribution < -0.4 is 4.74 Å². The Kier molecular flexibility index (Phi) is 5.29. The van der Waals surface area contributed by atoms with E-state index in [9.17, 15) is 4.79 Å². The van der Waals surface area contributed by atoms with E-state index < -0.39 is 12.1 Å². The van der Waals surface area contributed by atoms with Crippen molar-refractivity contribution in [3.8, 4) is 5.75 Å². The monoisotopic (exact) mass is 256 g/mol. The number of aryl methyl sites for hydroxylation is 1. The van der Waals surface area contributed by atoms with E-state index in [0.29, 0.717) is 17.2 Å². The van der Waals surface area contributed by atoms with Crippen molar-refractivity contribution in [2.24, 2.45) is 0 Å². The van der Waals surface area contributed by atoms with E-state index in [2.05, 4.69) is 0 Å². The summed E-state index contributed by atoms with van der Waals surface area (Å²) < 4.78 is 5.46. The van der Waals surface area contributed by atoms with Gasteiger partial charge in [-0.3, -0.25) is 0 Å². The highest BCUT2D eigenvalue weighted by Crippen LogP contribution is 2.27. The van der Waals surface area contributed by atoms with Crippen molar-refractivity contribution in [1.82, 2.24) is 0 Å². The van der Waals surface area contributed by atoms with E-state index in [0.717, 1.165) is 18.4 Å². The molecular formula is C13H17ClO3. The lowest BCUT2D eigenvalue weighted by atomic mass is 10.1. The first-order valence-corrected chi connectivity index (χ1v) is 6.08. The molecule has 0 aliphatic heterocycles. The van der Waals surface area contributed by atoms with E-state index in [1.165, 1.54) is 0 Å². The summed E-state index contributed by atoms with van der Waals surface area (Å²) in [5, 5.41) is 9.50. The molecule has 17 heavy (non-hydrogen) atoms. The van der Waals surface area contributed by atoms with Crippen LogP contribution >= 0.6 is 11.6 Å². The third-order valence-electron chi connectivity index (χ3n) is 2.45. The Morgan fingerprint density at radius 1 is 1.53 bits per heavy atom. The Labute approximate surface area is 106 Å². The summed E-state index contributed by atoms with van der Waals surface area (Å²) in [5.74, 6) is -0.508. The van der Waals surface area contributed by atoms with Gasteiger partial charge in [-0.15, -0.1) is 0 Å². The van der Waals surface area contributed by atoms with Crippen LogP contribution in [0.4, 0.5) is 0 Å². The molecule has 1 rings (SSSR count). The first kappa shape index (κ1) is 13.8. The SMILES string of the molecule is CCCCC(Oc1cc(C)ccc1Cl)C(=O)O. The lowest BCUT2D eigenvalue weighted by Crippen LogP contribution is -2.27. The number of carboxylic acids is 1. The average molecular weight is 257 g/mol. The molecule has 0 fully saturated rings. The largest absolute Gasteiger partial charge is 0.479 e. The number of carboxylic acid groups (broad SMARTS) is 1. The minimum Gasteiger partial charge on any atom is -0.479 e. The molecule has 1 unspecified atom stereocenters. The van der Waals surface area contributed by atoms with Gasteiger partial charge in [0.25, 0.3) is 0 Å². The molecule has 0 heterocycles. The van der Waals surface area contributed by atoms with Crippen LogP contribution in [0, 0.1) is 6.92 Å². The van der Waals surface area contributed by atoms with E-state index in [-0.39, 0.29) is 0 Å². The zero-order valence-corrected chi connectivity index (χ0v) is 10.8. The Hall–Kier alpha value is -1.22. The van der Waals surface area contributed by atoms with Gasteiger partial charge in [0.05, 0.1) is 5.02 Å². The minimum absolute atomic E-state index is 0.440. The molecule has 0 aliphatic rings. The van der Waals surface area contributed by atoms with Crippen LogP contribution in [0.2, 0.25) is 5.02 Å². The number of halogens is 1. The summed E-state index contributed by atoms with van der Waals surface area (Å²) in [6.45, 7) is 3.92. The van der Waals surface area contributed by atoms with Gasteiger partial charge in [-0.1, -0.05) is 31.0 Å². The van der Waals surface area contributed by atoms with Crippen LogP contribution in [0.25, 0.3) is 0 Å². The van der Waals surface area contributed by atoms with Crippen LogP contribution in [-0.4, -0.2) is 17.2 Å². The van der Waals surface area contributed by atoms with Gasteiger partial charge in [0.15, 0.2) is 6.10 Å². The Bertz CT molecular complexity index is 390. The number of unbranched alkanes of at least 4 members (excludes halogenated alkanes) is 1. The summed E-state index contributed by atoms with van der Waals surface area (Å²) in [4.78, 5) is 11.0. The molecule has 4 heteroatoms. The van der Waals surface area contributed by atoms with Gasteiger partial charge in [-0.2, -0.15) is 0 Å². The van der Waals surface area contributed by atoms with Gasteiger partial charge >= 0.3 is 5.97 Å². The average Bonchev–Trinajstić information content (AvgIpc) is 2.28. The molecule has 0 aliphatic carbocycles. The van der Waals surface area contributed by atoms with E-state index >= 15 is 0 Å². The predicted molar refractivity (Wildman–Crippen MR) is 67.8 cm³/mol. The zero-order valence-electron chi connectivity index (χ0n) is 10.1. The van der Waals surface area contributed by atoms with Gasteiger partial charge in [-0.05, 0) is 37.5 Å². The predicted octanol–water partition coefficient (Wildman–Crippen LogP) is 3.67. The number of ether oxygens (including phenoxy) is 1. The summed E-state index contributed by atoms with van der Waals surface area (Å²) in [6.07, 6.45) is 1.43. The van der Waals surface area contributed by atoms with Crippen molar-refractivity contribution in [3.63, 3.8) is 0 Å². The second kappa shape index (κ2) is 6.50. The Balaban J connectivity index is 2.78. The second-order valence-corrected chi connectivity index (χ2v) is 4.43. The highest BCUT2D eigenvalue weighted by Gasteiger charge is 2.19. The molecule has 0 saturated heterocycles. The lowest BCUT2D eigenvalue weighted by molar-refractivity contribution is -0.145. The van der Waals surface area contributed by atoms with Gasteiger partial charge < -0.3 is 9.84 Å². The molecule has 0 saturated carbocycles. The molecule has 0 amide bonds. The van der Waals surface area contributed by atoms with Crippen molar-refractivity contribution >= 4 is 17.6 Å². The van der Waals surface area contributed by atoms with Crippen molar-refractivity contribution in [2.75, 3.05) is 0 Å². The molecule has 0 spiro atoms. The summed E-state index contributed by atoms with van der Waals surface area (Å²) >= 11 is 5.96. The molecule has 3 nitrogen and oxygen atoms in total. The van der Waals surface area contributed by atoms with Crippen LogP contribution in [0.3, 0.4) is 0 Å². The fourth-order valence-corrected chi connectivity index (χ4v) is 1.64. The maximum atomic E-state index is 11.0. The summed E-state index contributed by atoms with van der Waals surface area (Å²) in [5.41, 5.74) is 0.990. The van der Waals surface area contributed by atoms with Crippen LogP contribution in [0.5, 0.6) is 5.75 Å².